The molecular weight excluding hydrogens is 436 g/mol. The lowest BCUT2D eigenvalue weighted by Gasteiger charge is -2.31. The number of ether oxygens (including phenoxy) is 1. The quantitative estimate of drug-likeness (QED) is 0.457. The molecule has 2 aromatic heterocycles. The molecule has 2 amide bonds. The molecule has 1 N–H and O–H groups in total. The summed E-state index contributed by atoms with van der Waals surface area (Å²) in [6, 6.07) is 14.0. The van der Waals surface area contributed by atoms with E-state index >= 15 is 0 Å². The first-order valence-electron chi connectivity index (χ1n) is 11.5. The second-order valence-electron chi connectivity index (χ2n) is 8.29. The van der Waals surface area contributed by atoms with Gasteiger partial charge in [0.1, 0.15) is 17.3 Å². The van der Waals surface area contributed by atoms with Crippen LogP contribution in [0.15, 0.2) is 58.3 Å². The molecule has 1 saturated carbocycles. The van der Waals surface area contributed by atoms with E-state index in [0.29, 0.717) is 29.6 Å². The van der Waals surface area contributed by atoms with Crippen LogP contribution in [-0.4, -0.2) is 24.5 Å². The predicted octanol–water partition coefficient (Wildman–Crippen LogP) is 5.42. The van der Waals surface area contributed by atoms with Crippen molar-refractivity contribution in [1.82, 2.24) is 5.32 Å². The van der Waals surface area contributed by atoms with E-state index in [2.05, 4.69) is 5.32 Å². The van der Waals surface area contributed by atoms with Crippen LogP contribution in [0.25, 0.3) is 0 Å². The summed E-state index contributed by atoms with van der Waals surface area (Å²) in [5, 5.41) is 5.12. The van der Waals surface area contributed by atoms with E-state index < -0.39 is 6.04 Å². The highest BCUT2D eigenvalue weighted by Crippen LogP contribution is 2.33. The van der Waals surface area contributed by atoms with Gasteiger partial charge in [0.15, 0.2) is 6.04 Å². The molecule has 0 saturated heterocycles. The van der Waals surface area contributed by atoms with Crippen molar-refractivity contribution < 1.29 is 18.7 Å². The van der Waals surface area contributed by atoms with E-state index in [9.17, 15) is 9.59 Å². The summed E-state index contributed by atoms with van der Waals surface area (Å²) < 4.78 is 11.6. The van der Waals surface area contributed by atoms with Gasteiger partial charge in [0.05, 0.1) is 13.0 Å². The average molecular weight is 467 g/mol. The first kappa shape index (κ1) is 23.1. The van der Waals surface area contributed by atoms with Crippen LogP contribution in [0.1, 0.15) is 55.0 Å². The van der Waals surface area contributed by atoms with Crippen LogP contribution in [0.3, 0.4) is 0 Å². The minimum Gasteiger partial charge on any atom is -0.494 e. The molecule has 1 fully saturated rings. The Labute approximate surface area is 198 Å². The van der Waals surface area contributed by atoms with Gasteiger partial charge in [-0.25, -0.2) is 0 Å². The zero-order valence-corrected chi connectivity index (χ0v) is 19.9. The van der Waals surface area contributed by atoms with E-state index in [1.54, 1.807) is 11.0 Å². The van der Waals surface area contributed by atoms with Gasteiger partial charge in [-0.3, -0.25) is 14.5 Å². The Kier molecular flexibility index (Phi) is 7.50. The van der Waals surface area contributed by atoms with Crippen molar-refractivity contribution in [3.05, 3.63) is 70.3 Å². The molecule has 3 aromatic rings. The van der Waals surface area contributed by atoms with E-state index in [1.807, 2.05) is 61.7 Å². The summed E-state index contributed by atoms with van der Waals surface area (Å²) in [5.41, 5.74) is 0.600. The fourth-order valence-electron chi connectivity index (χ4n) is 4.30. The molecule has 0 radical (unpaired) electrons. The second-order valence-corrected chi connectivity index (χ2v) is 9.32. The van der Waals surface area contributed by atoms with Crippen molar-refractivity contribution in [2.24, 2.45) is 0 Å². The Bertz CT molecular complexity index is 1070. The lowest BCUT2D eigenvalue weighted by molar-refractivity contribution is -0.127. The minimum absolute atomic E-state index is 0.125. The van der Waals surface area contributed by atoms with Gasteiger partial charge in [0.25, 0.3) is 5.91 Å². The zero-order chi connectivity index (χ0) is 23.2. The maximum absolute atomic E-state index is 13.7. The first-order chi connectivity index (χ1) is 16.0. The number of nitrogens with one attached hydrogen (secondary N) is 1. The van der Waals surface area contributed by atoms with Crippen molar-refractivity contribution in [3.8, 4) is 5.75 Å². The lowest BCUT2D eigenvalue weighted by atomic mass is 10.1. The summed E-state index contributed by atoms with van der Waals surface area (Å²) in [6.45, 7) is 4.26. The summed E-state index contributed by atoms with van der Waals surface area (Å²) in [6.07, 6.45) is 4.32. The Morgan fingerprint density at radius 3 is 2.67 bits per heavy atom. The number of thiophene rings is 1. The molecule has 0 unspecified atom stereocenters. The summed E-state index contributed by atoms with van der Waals surface area (Å²) >= 11 is 1.53. The molecule has 6 nitrogen and oxygen atoms in total. The number of amides is 2. The van der Waals surface area contributed by atoms with Crippen LogP contribution in [-0.2, 0) is 16.0 Å². The van der Waals surface area contributed by atoms with Gasteiger partial charge in [0, 0.05) is 22.7 Å². The standard InChI is InChI=1S/C26H30N2O4S/c1-3-31-21-11-6-10-20(16-21)28(24(29)17-22-12-7-15-33-22)25(23-14-13-18(2)32-23)26(30)27-19-8-4-5-9-19/h6-7,10-16,19,25H,3-5,8-9,17H2,1-2H3,(H,27,30)/t25-/m1/s1. The van der Waals surface area contributed by atoms with Gasteiger partial charge >= 0.3 is 0 Å². The molecule has 1 aromatic carbocycles. The van der Waals surface area contributed by atoms with Gasteiger partial charge in [-0.2, -0.15) is 0 Å². The van der Waals surface area contributed by atoms with Crippen molar-refractivity contribution in [1.29, 1.82) is 0 Å². The first-order valence-corrected chi connectivity index (χ1v) is 12.4. The van der Waals surface area contributed by atoms with Crippen LogP contribution in [0.4, 0.5) is 5.69 Å². The Morgan fingerprint density at radius 1 is 1.18 bits per heavy atom. The third-order valence-electron chi connectivity index (χ3n) is 5.82. The van der Waals surface area contributed by atoms with Gasteiger partial charge in [0.2, 0.25) is 5.91 Å². The average Bonchev–Trinajstić information content (AvgIpc) is 3.56. The monoisotopic (exact) mass is 466 g/mol. The highest BCUT2D eigenvalue weighted by Gasteiger charge is 2.36. The van der Waals surface area contributed by atoms with E-state index in [1.165, 1.54) is 11.3 Å². The SMILES string of the molecule is CCOc1cccc(N(C(=O)Cc2cccs2)[C@@H](C(=O)NC2CCCC2)c2ccc(C)o2)c1. The van der Waals surface area contributed by atoms with Gasteiger partial charge < -0.3 is 14.5 Å². The normalized spacial score (nSPS) is 14.7. The number of nitrogens with zero attached hydrogens (tertiary/aromatic N) is 1. The Hall–Kier alpha value is -3.06. The molecule has 1 aliphatic carbocycles. The maximum Gasteiger partial charge on any atom is 0.251 e. The molecule has 4 rings (SSSR count). The zero-order valence-electron chi connectivity index (χ0n) is 19.1. The Morgan fingerprint density at radius 2 is 2.00 bits per heavy atom. The fraction of sp³-hybridized carbons (Fsp3) is 0.385. The van der Waals surface area contributed by atoms with E-state index in [4.69, 9.17) is 9.15 Å². The van der Waals surface area contributed by atoms with Crippen molar-refractivity contribution in [2.45, 2.75) is 58.0 Å². The van der Waals surface area contributed by atoms with E-state index in [0.717, 1.165) is 30.6 Å². The van der Waals surface area contributed by atoms with Crippen LogP contribution < -0.4 is 15.0 Å². The molecule has 1 atom stereocenters. The minimum atomic E-state index is -0.913. The predicted molar refractivity (Wildman–Crippen MR) is 130 cm³/mol. The summed E-state index contributed by atoms with van der Waals surface area (Å²) in [4.78, 5) is 29.9. The third-order valence-corrected chi connectivity index (χ3v) is 6.70. The number of carbonyl (C=O) groups excluding carboxylic acids is 2. The van der Waals surface area contributed by atoms with Crippen molar-refractivity contribution in [3.63, 3.8) is 0 Å². The number of hydrogen-bond donors (Lipinski definition) is 1. The number of rotatable bonds is 9. The lowest BCUT2D eigenvalue weighted by Crippen LogP contribution is -2.46. The van der Waals surface area contributed by atoms with Crippen LogP contribution >= 0.6 is 11.3 Å². The van der Waals surface area contributed by atoms with Crippen LogP contribution in [0.5, 0.6) is 5.75 Å². The van der Waals surface area contributed by atoms with Crippen LogP contribution in [0.2, 0.25) is 0 Å². The summed E-state index contributed by atoms with van der Waals surface area (Å²) in [5.74, 6) is 1.39. The molecule has 0 spiro atoms. The molecule has 0 bridgehead atoms. The molecular formula is C26H30N2O4S. The Balaban J connectivity index is 1.75. The topological polar surface area (TPSA) is 71.8 Å². The number of benzene rings is 1. The van der Waals surface area contributed by atoms with Gasteiger partial charge in [-0.15, -0.1) is 11.3 Å². The highest BCUT2D eigenvalue weighted by molar-refractivity contribution is 7.10. The number of furan rings is 1. The molecule has 2 heterocycles. The van der Waals surface area contributed by atoms with E-state index in [-0.39, 0.29) is 24.3 Å². The maximum atomic E-state index is 13.7. The summed E-state index contributed by atoms with van der Waals surface area (Å²) in [7, 11) is 0. The molecule has 0 aliphatic heterocycles. The number of anilines is 1. The van der Waals surface area contributed by atoms with Gasteiger partial charge in [-0.05, 0) is 62.4 Å². The van der Waals surface area contributed by atoms with Crippen LogP contribution in [0, 0.1) is 6.92 Å². The third kappa shape index (κ3) is 5.66. The fourth-order valence-corrected chi connectivity index (χ4v) is 4.99. The highest BCUT2D eigenvalue weighted by atomic mass is 32.1. The molecule has 174 valence electrons. The number of hydrogen-bond acceptors (Lipinski definition) is 5. The molecule has 1 aliphatic rings. The second kappa shape index (κ2) is 10.7. The number of carbonyl (C=O) groups is 2. The van der Waals surface area contributed by atoms with Gasteiger partial charge in [-0.1, -0.05) is 25.0 Å². The van der Waals surface area contributed by atoms with Crippen molar-refractivity contribution in [2.75, 3.05) is 11.5 Å². The molecule has 7 heteroatoms. The number of aryl methyl sites for hydroxylation is 1. The largest absolute Gasteiger partial charge is 0.494 e. The molecule has 33 heavy (non-hydrogen) atoms. The van der Waals surface area contributed by atoms with Crippen molar-refractivity contribution >= 4 is 28.8 Å². The smallest absolute Gasteiger partial charge is 0.251 e.